The van der Waals surface area contributed by atoms with Crippen molar-refractivity contribution in [2.75, 3.05) is 0 Å². The highest BCUT2D eigenvalue weighted by Gasteiger charge is 2.27. The molecule has 5 nitrogen and oxygen atoms in total. The molecule has 0 saturated heterocycles. The Hall–Kier alpha value is -1.88. The van der Waals surface area contributed by atoms with Gasteiger partial charge in [-0.2, -0.15) is 0 Å². The van der Waals surface area contributed by atoms with Crippen LogP contribution in [0.3, 0.4) is 0 Å². The second-order valence-corrected chi connectivity index (χ2v) is 8.34. The monoisotopic (exact) mass is 357 g/mol. The van der Waals surface area contributed by atoms with Gasteiger partial charge in [0, 0.05) is 23.6 Å². The molecule has 0 radical (unpaired) electrons. The number of nitrogens with zero attached hydrogens (tertiary/aromatic N) is 2. The lowest BCUT2D eigenvalue weighted by atomic mass is 9.92. The summed E-state index contributed by atoms with van der Waals surface area (Å²) in [6.45, 7) is 10.4. The predicted octanol–water partition coefficient (Wildman–Crippen LogP) is 4.06. The number of aromatic nitrogens is 2. The van der Waals surface area contributed by atoms with Crippen LogP contribution in [0.15, 0.2) is 18.3 Å². The molecule has 1 aliphatic rings. The zero-order valence-corrected chi connectivity index (χ0v) is 16.6. The third-order valence-electron chi connectivity index (χ3n) is 4.96. The lowest BCUT2D eigenvalue weighted by Gasteiger charge is -2.33. The minimum atomic E-state index is -0.104. The number of carbonyl (C=O) groups excluding carboxylic acids is 1. The van der Waals surface area contributed by atoms with Crippen molar-refractivity contribution in [3.63, 3.8) is 0 Å². The Labute approximate surface area is 156 Å². The van der Waals surface area contributed by atoms with E-state index in [1.807, 2.05) is 23.6 Å². The summed E-state index contributed by atoms with van der Waals surface area (Å²) in [5.41, 5.74) is 3.43. The van der Waals surface area contributed by atoms with E-state index in [4.69, 9.17) is 4.74 Å². The molecule has 1 amide bonds. The summed E-state index contributed by atoms with van der Waals surface area (Å²) >= 11 is 0. The molecule has 3 rings (SSSR count). The van der Waals surface area contributed by atoms with Crippen molar-refractivity contribution >= 4 is 11.6 Å². The van der Waals surface area contributed by atoms with E-state index in [9.17, 15) is 4.79 Å². The van der Waals surface area contributed by atoms with Crippen molar-refractivity contribution in [1.29, 1.82) is 0 Å². The zero-order valence-electron chi connectivity index (χ0n) is 16.6. The number of nitrogens with one attached hydrogen (secondary N) is 1. The van der Waals surface area contributed by atoms with Gasteiger partial charge < -0.3 is 14.5 Å². The van der Waals surface area contributed by atoms with Gasteiger partial charge in [0.1, 0.15) is 5.65 Å². The quantitative estimate of drug-likeness (QED) is 0.898. The maximum atomic E-state index is 12.8. The highest BCUT2D eigenvalue weighted by atomic mass is 16.5. The number of ether oxygens (including phenoxy) is 1. The first-order valence-corrected chi connectivity index (χ1v) is 9.73. The Morgan fingerprint density at radius 2 is 2.00 bits per heavy atom. The molecule has 1 aliphatic carbocycles. The van der Waals surface area contributed by atoms with Gasteiger partial charge in [0.2, 0.25) is 0 Å². The number of amides is 1. The average Bonchev–Trinajstić information content (AvgIpc) is 2.98. The Kier molecular flexibility index (Phi) is 5.37. The molecule has 0 bridgehead atoms. The Morgan fingerprint density at radius 1 is 1.31 bits per heavy atom. The van der Waals surface area contributed by atoms with Crippen LogP contribution >= 0.6 is 0 Å². The van der Waals surface area contributed by atoms with E-state index in [1.165, 1.54) is 5.69 Å². The summed E-state index contributed by atoms with van der Waals surface area (Å²) in [4.78, 5) is 17.4. The first kappa shape index (κ1) is 18.9. The molecule has 0 atom stereocenters. The van der Waals surface area contributed by atoms with Crippen LogP contribution in [0.2, 0.25) is 0 Å². The lowest BCUT2D eigenvalue weighted by Crippen LogP contribution is -2.40. The summed E-state index contributed by atoms with van der Waals surface area (Å²) in [6.07, 6.45) is 7.08. The Bertz CT molecular complexity index is 780. The molecule has 2 aromatic heterocycles. The standard InChI is InChI=1S/C21H31N3O2/c1-6-16-13-14(2)22-19-18(11-12-24(16)19)20(25)23-15-7-9-17(10-8-15)26-21(3,4)5/h11-13,15,17H,6-10H2,1-5H3,(H,23,25). The molecule has 1 N–H and O–H groups in total. The van der Waals surface area contributed by atoms with Crippen molar-refractivity contribution in [2.45, 2.75) is 84.5 Å². The van der Waals surface area contributed by atoms with Crippen molar-refractivity contribution in [3.05, 3.63) is 35.3 Å². The van der Waals surface area contributed by atoms with Crippen LogP contribution in [0.4, 0.5) is 0 Å². The highest BCUT2D eigenvalue weighted by molar-refractivity contribution is 6.00. The summed E-state index contributed by atoms with van der Waals surface area (Å²) in [7, 11) is 0. The largest absolute Gasteiger partial charge is 0.373 e. The van der Waals surface area contributed by atoms with Crippen LogP contribution < -0.4 is 5.32 Å². The van der Waals surface area contributed by atoms with Crippen molar-refractivity contribution < 1.29 is 9.53 Å². The minimum absolute atomic E-state index is 0.0205. The van der Waals surface area contributed by atoms with Gasteiger partial charge in [-0.1, -0.05) is 6.92 Å². The van der Waals surface area contributed by atoms with E-state index >= 15 is 0 Å². The highest BCUT2D eigenvalue weighted by Crippen LogP contribution is 2.25. The fraction of sp³-hybridized carbons (Fsp3) is 0.619. The number of rotatable bonds is 4. The molecule has 5 heteroatoms. The molecule has 0 unspecified atom stereocenters. The van der Waals surface area contributed by atoms with E-state index in [0.29, 0.717) is 11.7 Å². The molecule has 0 spiro atoms. The van der Waals surface area contributed by atoms with E-state index in [-0.39, 0.29) is 17.6 Å². The second kappa shape index (κ2) is 7.39. The SMILES string of the molecule is CCc1cc(C)nc2c(C(=O)NC3CCC(OC(C)(C)C)CC3)ccn12. The second-order valence-electron chi connectivity index (χ2n) is 8.34. The van der Waals surface area contributed by atoms with Gasteiger partial charge in [-0.25, -0.2) is 4.98 Å². The lowest BCUT2D eigenvalue weighted by molar-refractivity contribution is -0.0757. The number of fused-ring (bicyclic) bond motifs is 1. The average molecular weight is 357 g/mol. The topological polar surface area (TPSA) is 55.6 Å². The molecule has 1 fully saturated rings. The maximum absolute atomic E-state index is 12.8. The number of hydrogen-bond donors (Lipinski definition) is 1. The van der Waals surface area contributed by atoms with Gasteiger partial charge in [-0.3, -0.25) is 4.79 Å². The summed E-state index contributed by atoms with van der Waals surface area (Å²) < 4.78 is 8.10. The third kappa shape index (κ3) is 4.26. The van der Waals surface area contributed by atoms with E-state index in [2.05, 4.69) is 44.1 Å². The van der Waals surface area contributed by atoms with E-state index < -0.39 is 0 Å². The van der Waals surface area contributed by atoms with Crippen molar-refractivity contribution in [1.82, 2.24) is 14.7 Å². The van der Waals surface area contributed by atoms with Crippen LogP contribution in [0.25, 0.3) is 5.65 Å². The fourth-order valence-corrected chi connectivity index (χ4v) is 3.82. The van der Waals surface area contributed by atoms with Gasteiger partial charge >= 0.3 is 0 Å². The van der Waals surface area contributed by atoms with Crippen molar-refractivity contribution in [2.24, 2.45) is 0 Å². The third-order valence-corrected chi connectivity index (χ3v) is 4.96. The minimum Gasteiger partial charge on any atom is -0.373 e. The summed E-state index contributed by atoms with van der Waals surface area (Å²) in [5.74, 6) is -0.0205. The molecule has 26 heavy (non-hydrogen) atoms. The zero-order chi connectivity index (χ0) is 18.9. The smallest absolute Gasteiger partial charge is 0.255 e. The molecular weight excluding hydrogens is 326 g/mol. The molecular formula is C21H31N3O2. The van der Waals surface area contributed by atoms with E-state index in [0.717, 1.165) is 43.4 Å². The number of carbonyl (C=O) groups is 1. The number of hydrogen-bond acceptors (Lipinski definition) is 3. The molecule has 2 aromatic rings. The van der Waals surface area contributed by atoms with Gasteiger partial charge in [0.05, 0.1) is 17.3 Å². The van der Waals surface area contributed by atoms with Crippen LogP contribution in [-0.2, 0) is 11.2 Å². The van der Waals surface area contributed by atoms with Crippen LogP contribution in [0.1, 0.15) is 75.1 Å². The van der Waals surface area contributed by atoms with Crippen LogP contribution in [-0.4, -0.2) is 33.0 Å². The van der Waals surface area contributed by atoms with Gasteiger partial charge in [0.25, 0.3) is 5.91 Å². The maximum Gasteiger partial charge on any atom is 0.255 e. The summed E-state index contributed by atoms with van der Waals surface area (Å²) in [5, 5.41) is 3.21. The van der Waals surface area contributed by atoms with Gasteiger partial charge in [-0.15, -0.1) is 0 Å². The fourth-order valence-electron chi connectivity index (χ4n) is 3.82. The summed E-state index contributed by atoms with van der Waals surface area (Å²) in [6, 6.07) is 4.17. The van der Waals surface area contributed by atoms with Crippen LogP contribution in [0, 0.1) is 6.92 Å². The molecule has 1 saturated carbocycles. The van der Waals surface area contributed by atoms with Gasteiger partial charge in [-0.05, 0) is 71.9 Å². The normalized spacial score (nSPS) is 21.1. The van der Waals surface area contributed by atoms with Crippen molar-refractivity contribution in [3.8, 4) is 0 Å². The van der Waals surface area contributed by atoms with Crippen LogP contribution in [0.5, 0.6) is 0 Å². The van der Waals surface area contributed by atoms with E-state index in [1.54, 1.807) is 0 Å². The first-order chi connectivity index (χ1) is 12.3. The van der Waals surface area contributed by atoms with Gasteiger partial charge in [0.15, 0.2) is 0 Å². The molecule has 0 aromatic carbocycles. The molecule has 2 heterocycles. The predicted molar refractivity (Wildman–Crippen MR) is 104 cm³/mol. The Morgan fingerprint density at radius 3 is 2.62 bits per heavy atom. The Balaban J connectivity index is 1.66. The molecule has 142 valence electrons. The number of aryl methyl sites for hydroxylation is 2. The first-order valence-electron chi connectivity index (χ1n) is 9.73. The molecule has 0 aliphatic heterocycles.